The van der Waals surface area contributed by atoms with Crippen LogP contribution in [-0.2, 0) is 12.7 Å². The maximum absolute atomic E-state index is 13.2. The molecule has 1 heterocycles. The Morgan fingerprint density at radius 2 is 1.62 bits per heavy atom. The van der Waals surface area contributed by atoms with Crippen LogP contribution in [0, 0.1) is 11.6 Å². The van der Waals surface area contributed by atoms with Crippen molar-refractivity contribution in [3.63, 3.8) is 0 Å². The van der Waals surface area contributed by atoms with Crippen molar-refractivity contribution in [2.45, 2.75) is 12.7 Å². The summed E-state index contributed by atoms with van der Waals surface area (Å²) in [6.07, 6.45) is -4.65. The third kappa shape index (κ3) is 6.10. The van der Waals surface area contributed by atoms with Gasteiger partial charge in [0.1, 0.15) is 17.5 Å². The number of likely N-dealkylation sites (N-methyl/N-ethyl adjacent to an activating group) is 1. The van der Waals surface area contributed by atoms with Crippen molar-refractivity contribution in [2.75, 3.05) is 37.8 Å². The van der Waals surface area contributed by atoms with Crippen molar-refractivity contribution in [2.24, 2.45) is 0 Å². The Bertz CT molecular complexity index is 728. The normalized spacial score (nSPS) is 11.7. The summed E-state index contributed by atoms with van der Waals surface area (Å²) in [5.41, 5.74) is -0.885. The van der Waals surface area contributed by atoms with Gasteiger partial charge in [0.05, 0.1) is 0 Å². The predicted molar refractivity (Wildman–Crippen MR) is 87.8 cm³/mol. The number of nitrogens with zero attached hydrogens (tertiary/aromatic N) is 3. The average molecular weight is 375 g/mol. The van der Waals surface area contributed by atoms with Crippen molar-refractivity contribution >= 4 is 11.8 Å². The molecule has 5 nitrogen and oxygen atoms in total. The molecule has 1 aromatic heterocycles. The lowest BCUT2D eigenvalue weighted by molar-refractivity contribution is -0.141. The van der Waals surface area contributed by atoms with E-state index in [0.717, 1.165) is 18.2 Å². The van der Waals surface area contributed by atoms with Gasteiger partial charge >= 0.3 is 6.18 Å². The zero-order valence-electron chi connectivity index (χ0n) is 14.2. The molecule has 0 spiro atoms. The van der Waals surface area contributed by atoms with E-state index in [0.29, 0.717) is 19.2 Å². The molecular weight excluding hydrogens is 357 g/mol. The summed E-state index contributed by atoms with van der Waals surface area (Å²) in [6, 6.07) is 3.62. The molecule has 2 N–H and O–H groups in total. The van der Waals surface area contributed by atoms with Gasteiger partial charge in [0.25, 0.3) is 0 Å². The summed E-state index contributed by atoms with van der Waals surface area (Å²) >= 11 is 0. The summed E-state index contributed by atoms with van der Waals surface area (Å²) in [7, 11) is 3.64. The largest absolute Gasteiger partial charge is 0.433 e. The van der Waals surface area contributed by atoms with E-state index >= 15 is 0 Å². The number of hydrogen-bond acceptors (Lipinski definition) is 5. The molecule has 0 aliphatic carbocycles. The number of anilines is 2. The molecule has 26 heavy (non-hydrogen) atoms. The van der Waals surface area contributed by atoms with Crippen molar-refractivity contribution in [1.82, 2.24) is 14.9 Å². The first-order chi connectivity index (χ1) is 12.1. The molecule has 0 amide bonds. The Morgan fingerprint density at radius 3 is 2.19 bits per heavy atom. The topological polar surface area (TPSA) is 53.1 Å². The minimum atomic E-state index is -4.65. The Kier molecular flexibility index (Phi) is 6.30. The maximum Gasteiger partial charge on any atom is 0.433 e. The number of alkyl halides is 3. The van der Waals surface area contributed by atoms with E-state index < -0.39 is 23.5 Å². The van der Waals surface area contributed by atoms with Crippen LogP contribution < -0.4 is 10.6 Å². The molecular formula is C16H18F5N5. The van der Waals surface area contributed by atoms with Gasteiger partial charge in [-0.3, -0.25) is 0 Å². The highest BCUT2D eigenvalue weighted by Gasteiger charge is 2.33. The van der Waals surface area contributed by atoms with E-state index in [9.17, 15) is 22.0 Å². The summed E-state index contributed by atoms with van der Waals surface area (Å²) in [4.78, 5) is 9.27. The molecule has 2 rings (SSSR count). The fraction of sp³-hybridized carbons (Fsp3) is 0.375. The van der Waals surface area contributed by atoms with Crippen molar-refractivity contribution in [1.29, 1.82) is 0 Å². The van der Waals surface area contributed by atoms with Crippen molar-refractivity contribution < 1.29 is 22.0 Å². The number of halogens is 5. The van der Waals surface area contributed by atoms with Gasteiger partial charge in [-0.2, -0.15) is 18.2 Å². The van der Waals surface area contributed by atoms with Gasteiger partial charge in [-0.25, -0.2) is 13.8 Å². The van der Waals surface area contributed by atoms with Crippen LogP contribution in [-0.4, -0.2) is 42.1 Å². The van der Waals surface area contributed by atoms with Crippen LogP contribution >= 0.6 is 0 Å². The molecule has 0 saturated carbocycles. The van der Waals surface area contributed by atoms with Gasteiger partial charge < -0.3 is 15.5 Å². The number of aromatic nitrogens is 2. The lowest BCUT2D eigenvalue weighted by Crippen LogP contribution is -2.22. The number of hydrogen-bond donors (Lipinski definition) is 2. The summed E-state index contributed by atoms with van der Waals surface area (Å²) in [5.74, 6) is -1.84. The van der Waals surface area contributed by atoms with Crippen LogP contribution in [0.5, 0.6) is 0 Å². The number of nitrogens with one attached hydrogen (secondary N) is 2. The molecule has 2 aromatic rings. The van der Waals surface area contributed by atoms with E-state index in [1.165, 1.54) is 0 Å². The molecule has 10 heteroatoms. The van der Waals surface area contributed by atoms with Crippen LogP contribution in [0.15, 0.2) is 24.3 Å². The smallest absolute Gasteiger partial charge is 0.366 e. The Labute approximate surface area is 147 Å². The summed E-state index contributed by atoms with van der Waals surface area (Å²) in [6.45, 7) is 0.827. The van der Waals surface area contributed by atoms with E-state index in [1.54, 1.807) is 0 Å². The summed E-state index contributed by atoms with van der Waals surface area (Å²) in [5, 5.41) is 5.35. The molecule has 1 aromatic carbocycles. The second kappa shape index (κ2) is 8.26. The molecule has 0 saturated heterocycles. The van der Waals surface area contributed by atoms with Gasteiger partial charge in [-0.05, 0) is 31.8 Å². The van der Waals surface area contributed by atoms with Crippen molar-refractivity contribution in [3.05, 3.63) is 47.2 Å². The van der Waals surface area contributed by atoms with Crippen LogP contribution in [0.1, 0.15) is 11.3 Å². The third-order valence-corrected chi connectivity index (χ3v) is 3.25. The van der Waals surface area contributed by atoms with Gasteiger partial charge in [-0.1, -0.05) is 0 Å². The van der Waals surface area contributed by atoms with Gasteiger partial charge in [0, 0.05) is 31.8 Å². The van der Waals surface area contributed by atoms with Crippen LogP contribution in [0.25, 0.3) is 0 Å². The first kappa shape index (κ1) is 19.8. The van der Waals surface area contributed by atoms with Crippen LogP contribution in [0.3, 0.4) is 0 Å². The molecule has 0 unspecified atom stereocenters. The Hall–Kier alpha value is -2.49. The molecule has 0 aliphatic rings. The minimum absolute atomic E-state index is 0.0971. The van der Waals surface area contributed by atoms with E-state index in [4.69, 9.17) is 0 Å². The second-order valence-electron chi connectivity index (χ2n) is 5.82. The van der Waals surface area contributed by atoms with E-state index in [2.05, 4.69) is 20.6 Å². The molecule has 0 radical (unpaired) electrons. The van der Waals surface area contributed by atoms with Crippen LogP contribution in [0.2, 0.25) is 0 Å². The summed E-state index contributed by atoms with van der Waals surface area (Å²) < 4.78 is 65.4. The Balaban J connectivity index is 2.17. The minimum Gasteiger partial charge on any atom is -0.366 e. The quantitative estimate of drug-likeness (QED) is 0.727. The second-order valence-corrected chi connectivity index (χ2v) is 5.82. The standard InChI is InChI=1S/C16H18F5N5/c1-26(2)4-3-22-15-24-13(16(19,20)21)8-14(25-15)23-9-10-5-11(17)7-12(18)6-10/h5-8H,3-4,9H2,1-2H3,(H2,22,23,24,25). The first-order valence-corrected chi connectivity index (χ1v) is 7.67. The fourth-order valence-corrected chi connectivity index (χ4v) is 2.06. The molecule has 0 fully saturated rings. The zero-order chi connectivity index (χ0) is 19.3. The SMILES string of the molecule is CN(C)CCNc1nc(NCc2cc(F)cc(F)c2)cc(C(F)(F)F)n1. The molecule has 142 valence electrons. The Morgan fingerprint density at radius 1 is 0.962 bits per heavy atom. The molecule has 0 atom stereocenters. The highest BCUT2D eigenvalue weighted by Crippen LogP contribution is 2.29. The number of rotatable bonds is 7. The van der Waals surface area contributed by atoms with Crippen LogP contribution in [0.4, 0.5) is 33.7 Å². The fourth-order valence-electron chi connectivity index (χ4n) is 2.06. The molecule has 0 aliphatic heterocycles. The monoisotopic (exact) mass is 375 g/mol. The first-order valence-electron chi connectivity index (χ1n) is 7.67. The average Bonchev–Trinajstić information content (AvgIpc) is 2.51. The highest BCUT2D eigenvalue weighted by atomic mass is 19.4. The number of benzene rings is 1. The highest BCUT2D eigenvalue weighted by molar-refractivity contribution is 5.43. The molecule has 0 bridgehead atoms. The van der Waals surface area contributed by atoms with E-state index in [-0.39, 0.29) is 23.9 Å². The third-order valence-electron chi connectivity index (χ3n) is 3.25. The lowest BCUT2D eigenvalue weighted by Gasteiger charge is -2.14. The van der Waals surface area contributed by atoms with Gasteiger partial charge in [0.15, 0.2) is 5.69 Å². The van der Waals surface area contributed by atoms with Crippen molar-refractivity contribution in [3.8, 4) is 0 Å². The van der Waals surface area contributed by atoms with Gasteiger partial charge in [0.2, 0.25) is 5.95 Å². The maximum atomic E-state index is 13.2. The zero-order valence-corrected chi connectivity index (χ0v) is 14.2. The predicted octanol–water partition coefficient (Wildman–Crippen LogP) is 3.36. The van der Waals surface area contributed by atoms with E-state index in [1.807, 2.05) is 19.0 Å². The van der Waals surface area contributed by atoms with Gasteiger partial charge in [-0.15, -0.1) is 0 Å². The lowest BCUT2D eigenvalue weighted by atomic mass is 10.2.